The van der Waals surface area contributed by atoms with Crippen molar-refractivity contribution >= 4 is 22.5 Å². The zero-order chi connectivity index (χ0) is 17.2. The van der Waals surface area contributed by atoms with Crippen molar-refractivity contribution < 1.29 is 4.79 Å². The van der Waals surface area contributed by atoms with E-state index in [0.717, 1.165) is 28.0 Å². The topological polar surface area (TPSA) is 44.9 Å². The number of hydrogen-bond donors (Lipinski definition) is 2. The van der Waals surface area contributed by atoms with Gasteiger partial charge < -0.3 is 10.3 Å². The van der Waals surface area contributed by atoms with Gasteiger partial charge in [0.1, 0.15) is 0 Å². The van der Waals surface area contributed by atoms with Gasteiger partial charge in [0, 0.05) is 27.8 Å². The number of carbonyl (C=O) groups is 1. The molecule has 0 fully saturated rings. The van der Waals surface area contributed by atoms with Crippen molar-refractivity contribution in [2.24, 2.45) is 0 Å². The van der Waals surface area contributed by atoms with Crippen molar-refractivity contribution in [1.29, 1.82) is 0 Å². The molecular weight excluding hydrogens is 308 g/mol. The molecule has 0 aliphatic rings. The van der Waals surface area contributed by atoms with Gasteiger partial charge in [-0.1, -0.05) is 48.0 Å². The number of rotatable bonds is 3. The summed E-state index contributed by atoms with van der Waals surface area (Å²) in [4.78, 5) is 15.7. The zero-order valence-corrected chi connectivity index (χ0v) is 13.9. The number of nitrogens with one attached hydrogen (secondary N) is 2. The second-order valence-corrected chi connectivity index (χ2v) is 6.17. The predicted octanol–water partition coefficient (Wildman–Crippen LogP) is 5.40. The molecule has 0 aliphatic heterocycles. The highest BCUT2D eigenvalue weighted by atomic mass is 16.1. The van der Waals surface area contributed by atoms with Gasteiger partial charge in [-0.2, -0.15) is 0 Å². The molecule has 0 atom stereocenters. The number of H-pyrrole nitrogens is 1. The lowest BCUT2D eigenvalue weighted by atomic mass is 10.1. The summed E-state index contributed by atoms with van der Waals surface area (Å²) in [5.74, 6) is -0.0953. The number of amides is 1. The molecular formula is C22H18N2O. The maximum atomic E-state index is 12.3. The van der Waals surface area contributed by atoms with Gasteiger partial charge in [-0.25, -0.2) is 0 Å². The highest BCUT2D eigenvalue weighted by Crippen LogP contribution is 2.25. The Balaban J connectivity index is 1.54. The van der Waals surface area contributed by atoms with Crippen LogP contribution in [0.5, 0.6) is 0 Å². The lowest BCUT2D eigenvalue weighted by Gasteiger charge is -2.07. The van der Waals surface area contributed by atoms with Crippen LogP contribution < -0.4 is 5.32 Å². The summed E-state index contributed by atoms with van der Waals surface area (Å²) in [6.07, 6.45) is 0. The number of carbonyl (C=O) groups excluding carboxylic acids is 1. The number of aryl methyl sites for hydroxylation is 1. The molecule has 0 aliphatic carbocycles. The molecule has 0 unspecified atom stereocenters. The van der Waals surface area contributed by atoms with E-state index in [4.69, 9.17) is 0 Å². The van der Waals surface area contributed by atoms with Crippen LogP contribution in [0.25, 0.3) is 22.2 Å². The number of fused-ring (bicyclic) bond motifs is 1. The average Bonchev–Trinajstić information content (AvgIpc) is 3.06. The van der Waals surface area contributed by atoms with Crippen molar-refractivity contribution in [1.82, 2.24) is 4.98 Å². The molecule has 0 bridgehead atoms. The predicted molar refractivity (Wildman–Crippen MR) is 103 cm³/mol. The van der Waals surface area contributed by atoms with E-state index in [1.54, 1.807) is 0 Å². The number of para-hydroxylation sites is 1. The molecule has 4 aromatic rings. The quantitative estimate of drug-likeness (QED) is 0.520. The molecule has 0 saturated heterocycles. The number of hydrogen-bond acceptors (Lipinski definition) is 1. The third kappa shape index (κ3) is 3.17. The van der Waals surface area contributed by atoms with Crippen LogP contribution in [0, 0.1) is 6.92 Å². The molecule has 1 amide bonds. The maximum absolute atomic E-state index is 12.3. The van der Waals surface area contributed by atoms with Crippen molar-refractivity contribution in [3.63, 3.8) is 0 Å². The molecule has 3 nitrogen and oxygen atoms in total. The minimum absolute atomic E-state index is 0.0953. The molecule has 2 N–H and O–H groups in total. The highest BCUT2D eigenvalue weighted by molar-refractivity contribution is 6.04. The summed E-state index contributed by atoms with van der Waals surface area (Å²) in [5, 5.41) is 4.13. The van der Waals surface area contributed by atoms with Crippen molar-refractivity contribution in [2.45, 2.75) is 6.92 Å². The monoisotopic (exact) mass is 326 g/mol. The Labute approximate surface area is 146 Å². The smallest absolute Gasteiger partial charge is 0.255 e. The third-order valence-corrected chi connectivity index (χ3v) is 4.26. The van der Waals surface area contributed by atoms with E-state index in [1.165, 1.54) is 5.39 Å². The van der Waals surface area contributed by atoms with Gasteiger partial charge in [0.2, 0.25) is 0 Å². The van der Waals surface area contributed by atoms with E-state index in [1.807, 2.05) is 67.6 Å². The first-order valence-electron chi connectivity index (χ1n) is 8.25. The van der Waals surface area contributed by atoms with Crippen LogP contribution >= 0.6 is 0 Å². The van der Waals surface area contributed by atoms with Gasteiger partial charge >= 0.3 is 0 Å². The minimum atomic E-state index is -0.0953. The number of benzene rings is 3. The van der Waals surface area contributed by atoms with Gasteiger partial charge in [0.15, 0.2) is 0 Å². The van der Waals surface area contributed by atoms with E-state index >= 15 is 0 Å². The SMILES string of the molecule is Cc1cccc(C(=O)Nc2ccc(-c3cc4ccccc4[nH]3)cc2)c1. The first kappa shape index (κ1) is 15.2. The Morgan fingerprint density at radius 3 is 2.44 bits per heavy atom. The molecule has 0 saturated carbocycles. The average molecular weight is 326 g/mol. The fraction of sp³-hybridized carbons (Fsp3) is 0.0455. The largest absolute Gasteiger partial charge is 0.355 e. The fourth-order valence-corrected chi connectivity index (χ4v) is 2.95. The second-order valence-electron chi connectivity index (χ2n) is 6.17. The third-order valence-electron chi connectivity index (χ3n) is 4.26. The van der Waals surface area contributed by atoms with Crippen molar-refractivity contribution in [3.05, 3.63) is 90.0 Å². The maximum Gasteiger partial charge on any atom is 0.255 e. The fourth-order valence-electron chi connectivity index (χ4n) is 2.95. The van der Waals surface area contributed by atoms with Crippen LogP contribution in [-0.2, 0) is 0 Å². The summed E-state index contributed by atoms with van der Waals surface area (Å²) >= 11 is 0. The Morgan fingerprint density at radius 2 is 1.68 bits per heavy atom. The molecule has 25 heavy (non-hydrogen) atoms. The first-order chi connectivity index (χ1) is 12.2. The number of aromatic amines is 1. The Kier molecular flexibility index (Phi) is 3.82. The molecule has 122 valence electrons. The van der Waals surface area contributed by atoms with E-state index < -0.39 is 0 Å². The molecule has 1 aromatic heterocycles. The van der Waals surface area contributed by atoms with Gasteiger partial charge in [-0.05, 0) is 48.9 Å². The van der Waals surface area contributed by atoms with E-state index in [-0.39, 0.29) is 5.91 Å². The summed E-state index contributed by atoms with van der Waals surface area (Å²) in [5.41, 5.74) is 5.80. The number of anilines is 1. The van der Waals surface area contributed by atoms with Gasteiger partial charge in [0.05, 0.1) is 0 Å². The number of aromatic nitrogens is 1. The van der Waals surface area contributed by atoms with Crippen LogP contribution in [-0.4, -0.2) is 10.9 Å². The summed E-state index contributed by atoms with van der Waals surface area (Å²) in [7, 11) is 0. The van der Waals surface area contributed by atoms with Crippen LogP contribution in [0.3, 0.4) is 0 Å². The van der Waals surface area contributed by atoms with Crippen LogP contribution in [0.1, 0.15) is 15.9 Å². The van der Waals surface area contributed by atoms with Gasteiger partial charge in [0.25, 0.3) is 5.91 Å². The molecule has 1 heterocycles. The standard InChI is InChI=1S/C22H18N2O/c1-15-5-4-7-18(13-15)22(25)23-19-11-9-16(10-12-19)21-14-17-6-2-3-8-20(17)24-21/h2-14,24H,1H3,(H,23,25). The molecule has 3 heteroatoms. The minimum Gasteiger partial charge on any atom is -0.355 e. The molecule has 3 aromatic carbocycles. The highest BCUT2D eigenvalue weighted by Gasteiger charge is 2.07. The van der Waals surface area contributed by atoms with E-state index in [0.29, 0.717) is 5.56 Å². The Hall–Kier alpha value is -3.33. The summed E-state index contributed by atoms with van der Waals surface area (Å²) in [6, 6.07) is 25.8. The lowest BCUT2D eigenvalue weighted by molar-refractivity contribution is 0.102. The molecule has 0 spiro atoms. The van der Waals surface area contributed by atoms with Crippen LogP contribution in [0.4, 0.5) is 5.69 Å². The molecule has 4 rings (SSSR count). The van der Waals surface area contributed by atoms with E-state index in [9.17, 15) is 4.79 Å². The first-order valence-corrected chi connectivity index (χ1v) is 8.25. The van der Waals surface area contributed by atoms with Crippen LogP contribution in [0.2, 0.25) is 0 Å². The second kappa shape index (κ2) is 6.29. The summed E-state index contributed by atoms with van der Waals surface area (Å²) in [6.45, 7) is 1.98. The van der Waals surface area contributed by atoms with E-state index in [2.05, 4.69) is 28.5 Å². The summed E-state index contributed by atoms with van der Waals surface area (Å²) < 4.78 is 0. The van der Waals surface area contributed by atoms with Gasteiger partial charge in [-0.3, -0.25) is 4.79 Å². The molecule has 0 radical (unpaired) electrons. The Morgan fingerprint density at radius 1 is 0.880 bits per heavy atom. The van der Waals surface area contributed by atoms with Crippen molar-refractivity contribution in [3.8, 4) is 11.3 Å². The van der Waals surface area contributed by atoms with Crippen LogP contribution in [0.15, 0.2) is 78.9 Å². The van der Waals surface area contributed by atoms with Gasteiger partial charge in [-0.15, -0.1) is 0 Å². The lowest BCUT2D eigenvalue weighted by Crippen LogP contribution is -2.11. The van der Waals surface area contributed by atoms with Crippen molar-refractivity contribution in [2.75, 3.05) is 5.32 Å². The Bertz CT molecular complexity index is 1010. The normalized spacial score (nSPS) is 10.8. The zero-order valence-electron chi connectivity index (χ0n) is 13.9.